The van der Waals surface area contributed by atoms with Crippen molar-refractivity contribution in [2.75, 3.05) is 5.33 Å². The molecule has 0 fully saturated rings. The minimum atomic E-state index is 0.879. The summed E-state index contributed by atoms with van der Waals surface area (Å²) in [6.45, 7) is 1.98. The van der Waals surface area contributed by atoms with Crippen molar-refractivity contribution in [2.45, 2.75) is 13.3 Å². The third kappa shape index (κ3) is 2.38. The summed E-state index contributed by atoms with van der Waals surface area (Å²) in [6, 6.07) is 8.07. The van der Waals surface area contributed by atoms with Crippen molar-refractivity contribution in [2.24, 2.45) is 0 Å². The van der Waals surface area contributed by atoms with Crippen LogP contribution in [0.15, 0.2) is 33.3 Å². The van der Waals surface area contributed by atoms with Crippen LogP contribution in [0.3, 0.4) is 0 Å². The lowest BCUT2D eigenvalue weighted by Crippen LogP contribution is -1.89. The van der Waals surface area contributed by atoms with Crippen molar-refractivity contribution in [3.63, 3.8) is 0 Å². The van der Waals surface area contributed by atoms with Gasteiger partial charge in [0.2, 0.25) is 0 Å². The Hall–Kier alpha value is -0.610. The van der Waals surface area contributed by atoms with E-state index in [1.54, 1.807) is 0 Å². The fourth-order valence-electron chi connectivity index (χ4n) is 1.61. The molecule has 0 saturated heterocycles. The zero-order chi connectivity index (χ0) is 11.5. The lowest BCUT2D eigenvalue weighted by molar-refractivity contribution is 0.426. The van der Waals surface area contributed by atoms with Crippen LogP contribution >= 0.6 is 31.9 Å². The van der Waals surface area contributed by atoms with Crippen LogP contribution < -0.4 is 0 Å². The molecule has 2 nitrogen and oxygen atoms in total. The molecule has 0 N–H and O–H groups in total. The van der Waals surface area contributed by atoms with E-state index in [0.717, 1.165) is 33.2 Å². The van der Waals surface area contributed by atoms with Gasteiger partial charge in [0.05, 0.1) is 5.69 Å². The SMILES string of the molecule is Cc1noc(-c2ccc(Br)cc2)c1CCBr. The second-order valence-corrected chi connectivity index (χ2v) is 5.23. The molecule has 2 aromatic rings. The molecule has 0 amide bonds. The highest BCUT2D eigenvalue weighted by Gasteiger charge is 2.13. The van der Waals surface area contributed by atoms with E-state index >= 15 is 0 Å². The first-order valence-corrected chi connectivity index (χ1v) is 6.91. The van der Waals surface area contributed by atoms with Gasteiger partial charge in [-0.15, -0.1) is 0 Å². The maximum absolute atomic E-state index is 5.39. The van der Waals surface area contributed by atoms with Crippen LogP contribution in [0, 0.1) is 6.92 Å². The molecule has 0 bridgehead atoms. The van der Waals surface area contributed by atoms with Crippen molar-refractivity contribution >= 4 is 31.9 Å². The summed E-state index contributed by atoms with van der Waals surface area (Å²) < 4.78 is 6.45. The second kappa shape index (κ2) is 5.15. The zero-order valence-corrected chi connectivity index (χ0v) is 12.0. The lowest BCUT2D eigenvalue weighted by atomic mass is 10.1. The summed E-state index contributed by atoms with van der Waals surface area (Å²) in [5.74, 6) is 0.879. The number of alkyl halides is 1. The van der Waals surface area contributed by atoms with Gasteiger partial charge in [-0.25, -0.2) is 0 Å². The van der Waals surface area contributed by atoms with Crippen molar-refractivity contribution < 1.29 is 4.52 Å². The molecule has 0 spiro atoms. The summed E-state index contributed by atoms with van der Waals surface area (Å²) in [5, 5.41) is 4.94. The number of hydrogen-bond acceptors (Lipinski definition) is 2. The summed E-state index contributed by atoms with van der Waals surface area (Å²) in [7, 11) is 0. The average molecular weight is 345 g/mol. The van der Waals surface area contributed by atoms with Gasteiger partial charge in [-0.2, -0.15) is 0 Å². The highest BCUT2D eigenvalue weighted by atomic mass is 79.9. The van der Waals surface area contributed by atoms with E-state index in [1.165, 1.54) is 5.56 Å². The first-order chi connectivity index (χ1) is 7.72. The predicted molar refractivity (Wildman–Crippen MR) is 71.9 cm³/mol. The van der Waals surface area contributed by atoms with Crippen LogP contribution in [0.1, 0.15) is 11.3 Å². The average Bonchev–Trinajstić information content (AvgIpc) is 2.63. The number of hydrogen-bond donors (Lipinski definition) is 0. The van der Waals surface area contributed by atoms with Gasteiger partial charge in [0, 0.05) is 20.9 Å². The molecule has 0 aliphatic carbocycles. The summed E-state index contributed by atoms with van der Waals surface area (Å²) in [5.41, 5.74) is 3.22. The number of aromatic nitrogens is 1. The van der Waals surface area contributed by atoms with Crippen LogP contribution in [0.4, 0.5) is 0 Å². The quantitative estimate of drug-likeness (QED) is 0.773. The number of aryl methyl sites for hydroxylation is 1. The van der Waals surface area contributed by atoms with E-state index < -0.39 is 0 Å². The molecular formula is C12H11Br2NO. The lowest BCUT2D eigenvalue weighted by Gasteiger charge is -2.00. The van der Waals surface area contributed by atoms with E-state index in [4.69, 9.17) is 4.52 Å². The van der Waals surface area contributed by atoms with Gasteiger partial charge in [-0.1, -0.05) is 49.1 Å². The molecule has 1 aromatic heterocycles. The van der Waals surface area contributed by atoms with Crippen molar-refractivity contribution in [1.82, 2.24) is 5.16 Å². The first-order valence-electron chi connectivity index (χ1n) is 4.99. The Labute approximate surface area is 111 Å². The van der Waals surface area contributed by atoms with Gasteiger partial charge in [0.15, 0.2) is 5.76 Å². The number of halogens is 2. The smallest absolute Gasteiger partial charge is 0.170 e. The Morgan fingerprint density at radius 2 is 1.94 bits per heavy atom. The minimum absolute atomic E-state index is 0.879. The van der Waals surface area contributed by atoms with Gasteiger partial charge in [0.25, 0.3) is 0 Å². The first kappa shape index (κ1) is 11.9. The van der Waals surface area contributed by atoms with Gasteiger partial charge >= 0.3 is 0 Å². The second-order valence-electron chi connectivity index (χ2n) is 3.52. The van der Waals surface area contributed by atoms with Crippen LogP contribution in [0.5, 0.6) is 0 Å². The third-order valence-corrected chi connectivity index (χ3v) is 3.36. The van der Waals surface area contributed by atoms with Crippen LogP contribution in [0.2, 0.25) is 0 Å². The van der Waals surface area contributed by atoms with E-state index in [-0.39, 0.29) is 0 Å². The maximum atomic E-state index is 5.39. The molecule has 0 radical (unpaired) electrons. The van der Waals surface area contributed by atoms with E-state index in [9.17, 15) is 0 Å². The van der Waals surface area contributed by atoms with Gasteiger partial charge < -0.3 is 4.52 Å². The maximum Gasteiger partial charge on any atom is 0.170 e. The standard InChI is InChI=1S/C12H11Br2NO/c1-8-11(6-7-13)12(16-15-8)9-2-4-10(14)5-3-9/h2-5H,6-7H2,1H3. The number of nitrogens with zero attached hydrogens (tertiary/aromatic N) is 1. The molecule has 0 atom stereocenters. The van der Waals surface area contributed by atoms with Crippen molar-refractivity contribution in [1.29, 1.82) is 0 Å². The molecular weight excluding hydrogens is 334 g/mol. The largest absolute Gasteiger partial charge is 0.356 e. The number of rotatable bonds is 3. The molecule has 2 rings (SSSR count). The van der Waals surface area contributed by atoms with Crippen molar-refractivity contribution in [3.8, 4) is 11.3 Å². The van der Waals surface area contributed by atoms with Gasteiger partial charge in [-0.3, -0.25) is 0 Å². The van der Waals surface area contributed by atoms with Gasteiger partial charge in [-0.05, 0) is 25.5 Å². The highest BCUT2D eigenvalue weighted by molar-refractivity contribution is 9.10. The highest BCUT2D eigenvalue weighted by Crippen LogP contribution is 2.27. The predicted octanol–water partition coefficient (Wildman–Crippen LogP) is 4.35. The van der Waals surface area contributed by atoms with Crippen molar-refractivity contribution in [3.05, 3.63) is 40.0 Å². The Bertz CT molecular complexity index is 476. The number of benzene rings is 1. The van der Waals surface area contributed by atoms with E-state index in [2.05, 4.69) is 37.0 Å². The third-order valence-electron chi connectivity index (χ3n) is 2.44. The summed E-state index contributed by atoms with van der Waals surface area (Å²) in [6.07, 6.45) is 0.931. The topological polar surface area (TPSA) is 26.0 Å². The summed E-state index contributed by atoms with van der Waals surface area (Å²) in [4.78, 5) is 0. The Morgan fingerprint density at radius 1 is 1.25 bits per heavy atom. The molecule has 0 aliphatic heterocycles. The van der Waals surface area contributed by atoms with Crippen LogP contribution in [0.25, 0.3) is 11.3 Å². The Kier molecular flexibility index (Phi) is 3.82. The summed E-state index contributed by atoms with van der Waals surface area (Å²) >= 11 is 6.87. The molecule has 0 saturated carbocycles. The minimum Gasteiger partial charge on any atom is -0.356 e. The molecule has 1 aromatic carbocycles. The monoisotopic (exact) mass is 343 g/mol. The molecule has 84 valence electrons. The van der Waals surface area contributed by atoms with Gasteiger partial charge in [0.1, 0.15) is 0 Å². The van der Waals surface area contributed by atoms with E-state index in [1.807, 2.05) is 31.2 Å². The fraction of sp³-hybridized carbons (Fsp3) is 0.250. The molecule has 0 aliphatic rings. The normalized spacial score (nSPS) is 10.7. The zero-order valence-electron chi connectivity index (χ0n) is 8.84. The molecule has 0 unspecified atom stereocenters. The fourth-order valence-corrected chi connectivity index (χ4v) is 2.27. The van der Waals surface area contributed by atoms with Crippen LogP contribution in [-0.4, -0.2) is 10.5 Å². The molecule has 16 heavy (non-hydrogen) atoms. The van der Waals surface area contributed by atoms with E-state index in [0.29, 0.717) is 0 Å². The molecule has 4 heteroatoms. The Balaban J connectivity index is 2.43. The molecule has 1 heterocycles. The Morgan fingerprint density at radius 3 is 2.56 bits per heavy atom. The van der Waals surface area contributed by atoms with Crippen LogP contribution in [-0.2, 0) is 6.42 Å².